The minimum Gasteiger partial charge on any atom is -0.395 e. The van der Waals surface area contributed by atoms with Crippen LogP contribution in [0.5, 0.6) is 0 Å². The first-order valence-corrected chi connectivity index (χ1v) is 4.20. The molecular weight excluding hydrogens is 172 g/mol. The van der Waals surface area contributed by atoms with Crippen LogP contribution in [0.3, 0.4) is 0 Å². The van der Waals surface area contributed by atoms with E-state index in [0.717, 1.165) is 5.76 Å². The molecule has 0 bridgehead atoms. The molecule has 0 aliphatic heterocycles. The van der Waals surface area contributed by atoms with Crippen molar-refractivity contribution in [3.63, 3.8) is 0 Å². The van der Waals surface area contributed by atoms with E-state index in [2.05, 4.69) is 5.16 Å². The van der Waals surface area contributed by atoms with Gasteiger partial charge in [0, 0.05) is 19.2 Å². The van der Waals surface area contributed by atoms with Gasteiger partial charge in [0.1, 0.15) is 0 Å². The van der Waals surface area contributed by atoms with Gasteiger partial charge in [0.15, 0.2) is 5.76 Å². The topological polar surface area (TPSA) is 69.7 Å². The normalized spacial score (nSPS) is 11.0. The maximum absolute atomic E-state index is 8.72. The number of aliphatic hydroxyl groups is 2. The molecule has 0 aliphatic carbocycles. The van der Waals surface area contributed by atoms with Crippen LogP contribution < -0.4 is 0 Å². The fourth-order valence-corrected chi connectivity index (χ4v) is 1.10. The first kappa shape index (κ1) is 10.2. The van der Waals surface area contributed by atoms with Gasteiger partial charge in [-0.05, 0) is 0 Å². The maximum Gasteiger partial charge on any atom is 0.150 e. The first-order valence-electron chi connectivity index (χ1n) is 4.20. The molecule has 74 valence electrons. The molecule has 5 nitrogen and oxygen atoms in total. The van der Waals surface area contributed by atoms with Gasteiger partial charge in [-0.1, -0.05) is 5.16 Å². The number of aromatic nitrogens is 1. The van der Waals surface area contributed by atoms with Crippen molar-refractivity contribution in [3.05, 3.63) is 18.0 Å². The lowest BCUT2D eigenvalue weighted by atomic mass is 10.4. The van der Waals surface area contributed by atoms with Crippen molar-refractivity contribution >= 4 is 0 Å². The molecule has 0 saturated heterocycles. The molecule has 0 spiro atoms. The summed E-state index contributed by atoms with van der Waals surface area (Å²) >= 11 is 0. The summed E-state index contributed by atoms with van der Waals surface area (Å²) in [6.45, 7) is 1.78. The third kappa shape index (κ3) is 3.54. The van der Waals surface area contributed by atoms with E-state index in [0.29, 0.717) is 19.6 Å². The summed E-state index contributed by atoms with van der Waals surface area (Å²) in [7, 11) is 0. The molecule has 0 fully saturated rings. The predicted octanol–water partition coefficient (Wildman–Crippen LogP) is -0.539. The standard InChI is InChI=1S/C8H14N2O3/c11-5-3-10(4-6-12)7-8-1-2-9-13-8/h1-2,11-12H,3-7H2. The molecule has 1 heterocycles. The van der Waals surface area contributed by atoms with Crippen molar-refractivity contribution < 1.29 is 14.7 Å². The zero-order chi connectivity index (χ0) is 9.52. The van der Waals surface area contributed by atoms with E-state index in [9.17, 15) is 0 Å². The summed E-state index contributed by atoms with van der Waals surface area (Å²) in [5, 5.41) is 21.0. The fourth-order valence-electron chi connectivity index (χ4n) is 1.10. The molecule has 0 saturated carbocycles. The van der Waals surface area contributed by atoms with Crippen molar-refractivity contribution in [2.24, 2.45) is 0 Å². The summed E-state index contributed by atoms with van der Waals surface area (Å²) < 4.78 is 4.90. The second-order valence-electron chi connectivity index (χ2n) is 2.70. The quantitative estimate of drug-likeness (QED) is 0.624. The highest BCUT2D eigenvalue weighted by atomic mass is 16.5. The largest absolute Gasteiger partial charge is 0.395 e. The number of hydrogen-bond acceptors (Lipinski definition) is 5. The zero-order valence-electron chi connectivity index (χ0n) is 7.39. The van der Waals surface area contributed by atoms with E-state index in [-0.39, 0.29) is 13.2 Å². The third-order valence-corrected chi connectivity index (χ3v) is 1.70. The van der Waals surface area contributed by atoms with Gasteiger partial charge in [-0.2, -0.15) is 0 Å². The molecule has 0 aliphatic rings. The second kappa shape index (κ2) is 5.69. The lowest BCUT2D eigenvalue weighted by Crippen LogP contribution is -2.29. The molecule has 0 aromatic carbocycles. The predicted molar refractivity (Wildman–Crippen MR) is 46.0 cm³/mol. The summed E-state index contributed by atoms with van der Waals surface area (Å²) in [5.41, 5.74) is 0. The van der Waals surface area contributed by atoms with Crippen LogP contribution >= 0.6 is 0 Å². The summed E-state index contributed by atoms with van der Waals surface area (Å²) in [6, 6.07) is 1.77. The van der Waals surface area contributed by atoms with E-state index in [1.165, 1.54) is 0 Å². The lowest BCUT2D eigenvalue weighted by Gasteiger charge is -2.17. The highest BCUT2D eigenvalue weighted by molar-refractivity contribution is 4.92. The SMILES string of the molecule is OCCN(CCO)Cc1ccno1. The molecule has 0 radical (unpaired) electrons. The third-order valence-electron chi connectivity index (χ3n) is 1.70. The number of aliphatic hydroxyl groups excluding tert-OH is 2. The van der Waals surface area contributed by atoms with Gasteiger partial charge in [0.2, 0.25) is 0 Å². The van der Waals surface area contributed by atoms with E-state index in [1.54, 1.807) is 12.3 Å². The Morgan fingerprint density at radius 1 is 1.31 bits per heavy atom. The van der Waals surface area contributed by atoms with Crippen LogP contribution in [0.4, 0.5) is 0 Å². The van der Waals surface area contributed by atoms with Crippen molar-refractivity contribution in [2.75, 3.05) is 26.3 Å². The Bertz CT molecular complexity index is 207. The van der Waals surface area contributed by atoms with E-state index in [1.807, 2.05) is 4.90 Å². The van der Waals surface area contributed by atoms with Crippen LogP contribution in [-0.4, -0.2) is 46.6 Å². The van der Waals surface area contributed by atoms with Gasteiger partial charge < -0.3 is 14.7 Å². The Kier molecular flexibility index (Phi) is 4.45. The highest BCUT2D eigenvalue weighted by Gasteiger charge is 2.06. The second-order valence-corrected chi connectivity index (χ2v) is 2.70. The summed E-state index contributed by atoms with van der Waals surface area (Å²) in [4.78, 5) is 1.89. The Morgan fingerprint density at radius 3 is 2.46 bits per heavy atom. The molecular formula is C8H14N2O3. The molecule has 2 N–H and O–H groups in total. The maximum atomic E-state index is 8.72. The average molecular weight is 186 g/mol. The minimum atomic E-state index is 0.0775. The smallest absolute Gasteiger partial charge is 0.150 e. The van der Waals surface area contributed by atoms with Gasteiger partial charge in [0.25, 0.3) is 0 Å². The van der Waals surface area contributed by atoms with Crippen molar-refractivity contribution in [2.45, 2.75) is 6.54 Å². The molecule has 1 aromatic heterocycles. The Balaban J connectivity index is 2.37. The minimum absolute atomic E-state index is 0.0775. The Morgan fingerprint density at radius 2 is 2.00 bits per heavy atom. The van der Waals surface area contributed by atoms with Gasteiger partial charge in [-0.15, -0.1) is 0 Å². The number of rotatable bonds is 6. The molecule has 0 amide bonds. The van der Waals surface area contributed by atoms with Gasteiger partial charge >= 0.3 is 0 Å². The zero-order valence-corrected chi connectivity index (χ0v) is 7.39. The van der Waals surface area contributed by atoms with Crippen LogP contribution in [0.1, 0.15) is 5.76 Å². The van der Waals surface area contributed by atoms with Crippen LogP contribution in [0, 0.1) is 0 Å². The molecule has 1 rings (SSSR count). The first-order chi connectivity index (χ1) is 6.36. The van der Waals surface area contributed by atoms with Crippen LogP contribution in [0.25, 0.3) is 0 Å². The van der Waals surface area contributed by atoms with Crippen molar-refractivity contribution in [3.8, 4) is 0 Å². The Hall–Kier alpha value is -0.910. The molecule has 1 aromatic rings. The van der Waals surface area contributed by atoms with E-state index < -0.39 is 0 Å². The van der Waals surface area contributed by atoms with Crippen LogP contribution in [-0.2, 0) is 6.54 Å². The lowest BCUT2D eigenvalue weighted by molar-refractivity contribution is 0.145. The molecule has 13 heavy (non-hydrogen) atoms. The van der Waals surface area contributed by atoms with E-state index >= 15 is 0 Å². The molecule has 0 atom stereocenters. The average Bonchev–Trinajstić information content (AvgIpc) is 2.58. The van der Waals surface area contributed by atoms with Crippen molar-refractivity contribution in [1.29, 1.82) is 0 Å². The van der Waals surface area contributed by atoms with Crippen LogP contribution in [0.15, 0.2) is 16.8 Å². The fraction of sp³-hybridized carbons (Fsp3) is 0.625. The molecule has 0 unspecified atom stereocenters. The van der Waals surface area contributed by atoms with Gasteiger partial charge in [0.05, 0.1) is 26.0 Å². The monoisotopic (exact) mass is 186 g/mol. The number of hydrogen-bond donors (Lipinski definition) is 2. The van der Waals surface area contributed by atoms with E-state index in [4.69, 9.17) is 14.7 Å². The summed E-state index contributed by atoms with van der Waals surface area (Å²) in [5.74, 6) is 0.738. The highest BCUT2D eigenvalue weighted by Crippen LogP contribution is 2.01. The van der Waals surface area contributed by atoms with Crippen molar-refractivity contribution in [1.82, 2.24) is 10.1 Å². The van der Waals surface area contributed by atoms with Crippen LogP contribution in [0.2, 0.25) is 0 Å². The summed E-state index contributed by atoms with van der Waals surface area (Å²) in [6.07, 6.45) is 1.57. The molecule has 5 heteroatoms. The number of nitrogens with zero attached hydrogens (tertiary/aromatic N) is 2. The Labute approximate surface area is 76.6 Å². The van der Waals surface area contributed by atoms with Gasteiger partial charge in [-0.25, -0.2) is 0 Å². The van der Waals surface area contributed by atoms with Gasteiger partial charge in [-0.3, -0.25) is 4.90 Å².